The summed E-state index contributed by atoms with van der Waals surface area (Å²) >= 11 is 0. The molecule has 0 bridgehead atoms. The molecular formula is C20H36N6O2. The van der Waals surface area contributed by atoms with Crippen LogP contribution in [0.4, 0.5) is 4.79 Å². The van der Waals surface area contributed by atoms with E-state index in [-0.39, 0.29) is 24.0 Å². The van der Waals surface area contributed by atoms with Crippen molar-refractivity contribution in [2.45, 2.75) is 63.8 Å². The highest BCUT2D eigenvalue weighted by molar-refractivity contribution is 6.01. The standard InChI is InChI=1S/C20H36N6O2/c1-2-21-18(22-11-14-26-17(27)15-23-19(26)28)24-16-20(9-5-3-6-10-20)25-12-7-4-8-13-25/h2-16H2,1H3,(H,23,28)(H2,21,22,24). The molecule has 1 aliphatic carbocycles. The van der Waals surface area contributed by atoms with E-state index in [4.69, 9.17) is 4.99 Å². The monoisotopic (exact) mass is 392 g/mol. The van der Waals surface area contributed by atoms with Gasteiger partial charge in [0.1, 0.15) is 0 Å². The summed E-state index contributed by atoms with van der Waals surface area (Å²) in [5.74, 6) is 0.608. The predicted octanol–water partition coefficient (Wildman–Crippen LogP) is 1.28. The predicted molar refractivity (Wildman–Crippen MR) is 110 cm³/mol. The summed E-state index contributed by atoms with van der Waals surface area (Å²) in [6.07, 6.45) is 10.3. The first-order chi connectivity index (χ1) is 13.6. The maximum Gasteiger partial charge on any atom is 0.324 e. The van der Waals surface area contributed by atoms with Gasteiger partial charge >= 0.3 is 6.03 Å². The van der Waals surface area contributed by atoms with E-state index in [1.54, 1.807) is 0 Å². The average molecular weight is 393 g/mol. The van der Waals surface area contributed by atoms with Crippen molar-refractivity contribution < 1.29 is 9.59 Å². The van der Waals surface area contributed by atoms with E-state index >= 15 is 0 Å². The molecule has 3 rings (SSSR count). The van der Waals surface area contributed by atoms with Crippen LogP contribution in [-0.4, -0.2) is 79.0 Å². The summed E-state index contributed by atoms with van der Waals surface area (Å²) < 4.78 is 0. The fourth-order valence-corrected chi connectivity index (χ4v) is 4.69. The van der Waals surface area contributed by atoms with E-state index in [9.17, 15) is 9.59 Å². The summed E-state index contributed by atoms with van der Waals surface area (Å²) in [4.78, 5) is 32.2. The largest absolute Gasteiger partial charge is 0.357 e. The minimum Gasteiger partial charge on any atom is -0.357 e. The van der Waals surface area contributed by atoms with Crippen molar-refractivity contribution in [1.29, 1.82) is 0 Å². The number of piperidine rings is 1. The van der Waals surface area contributed by atoms with Gasteiger partial charge in [-0.15, -0.1) is 0 Å². The van der Waals surface area contributed by atoms with E-state index in [2.05, 4.69) is 27.8 Å². The van der Waals surface area contributed by atoms with Crippen LogP contribution in [-0.2, 0) is 4.79 Å². The Balaban J connectivity index is 1.59. The second-order valence-electron chi connectivity index (χ2n) is 8.16. The zero-order valence-corrected chi connectivity index (χ0v) is 17.3. The van der Waals surface area contributed by atoms with Gasteiger partial charge in [0, 0.05) is 25.2 Å². The molecule has 2 heterocycles. The Bertz CT molecular complexity index is 551. The molecule has 0 aromatic rings. The van der Waals surface area contributed by atoms with E-state index in [1.807, 2.05) is 0 Å². The summed E-state index contributed by atoms with van der Waals surface area (Å²) in [6.45, 7) is 7.00. The number of carbonyl (C=O) groups excluding carboxylic acids is 2. The molecule has 0 aromatic carbocycles. The Kier molecular flexibility index (Phi) is 7.53. The first-order valence-electron chi connectivity index (χ1n) is 11.0. The molecule has 0 radical (unpaired) electrons. The number of carbonyl (C=O) groups is 2. The number of amides is 3. The lowest BCUT2D eigenvalue weighted by Gasteiger charge is -2.47. The van der Waals surface area contributed by atoms with Crippen LogP contribution in [0.25, 0.3) is 0 Å². The van der Waals surface area contributed by atoms with E-state index < -0.39 is 0 Å². The average Bonchev–Trinajstić information content (AvgIpc) is 3.05. The van der Waals surface area contributed by atoms with Crippen molar-refractivity contribution >= 4 is 17.9 Å². The van der Waals surface area contributed by atoms with Crippen molar-refractivity contribution in [3.63, 3.8) is 0 Å². The first-order valence-corrected chi connectivity index (χ1v) is 11.0. The topological polar surface area (TPSA) is 89.1 Å². The van der Waals surface area contributed by atoms with Crippen molar-refractivity contribution in [2.24, 2.45) is 4.99 Å². The number of nitrogens with one attached hydrogen (secondary N) is 3. The van der Waals surface area contributed by atoms with Gasteiger partial charge in [-0.3, -0.25) is 19.6 Å². The number of rotatable bonds is 7. The SMILES string of the molecule is CCNC(=NCC1(N2CCCCC2)CCCCC1)NCCN1C(=O)CNC1=O. The molecule has 8 heteroatoms. The summed E-state index contributed by atoms with van der Waals surface area (Å²) in [6, 6.07) is -0.306. The molecule has 28 heavy (non-hydrogen) atoms. The van der Waals surface area contributed by atoms with Gasteiger partial charge in [-0.1, -0.05) is 25.7 Å². The van der Waals surface area contributed by atoms with Gasteiger partial charge < -0.3 is 16.0 Å². The molecule has 3 N–H and O–H groups in total. The van der Waals surface area contributed by atoms with Crippen LogP contribution >= 0.6 is 0 Å². The lowest BCUT2D eigenvalue weighted by atomic mass is 9.79. The normalized spacial score (nSPS) is 23.6. The number of imide groups is 1. The summed E-state index contributed by atoms with van der Waals surface area (Å²) in [5.41, 5.74) is 0.200. The molecular weight excluding hydrogens is 356 g/mol. The van der Waals surface area contributed by atoms with Gasteiger partial charge in [0.15, 0.2) is 5.96 Å². The van der Waals surface area contributed by atoms with Gasteiger partial charge in [-0.25, -0.2) is 4.79 Å². The van der Waals surface area contributed by atoms with Crippen LogP contribution in [0.1, 0.15) is 58.3 Å². The van der Waals surface area contributed by atoms with Crippen molar-refractivity contribution in [1.82, 2.24) is 25.8 Å². The quantitative estimate of drug-likeness (QED) is 0.345. The van der Waals surface area contributed by atoms with Crippen LogP contribution in [0.2, 0.25) is 0 Å². The number of aliphatic imine (C=N–C) groups is 1. The summed E-state index contributed by atoms with van der Waals surface area (Å²) in [7, 11) is 0. The Hall–Kier alpha value is -1.83. The maximum atomic E-state index is 11.7. The van der Waals surface area contributed by atoms with Crippen LogP contribution in [0, 0.1) is 0 Å². The Morgan fingerprint density at radius 1 is 1.07 bits per heavy atom. The Morgan fingerprint density at radius 2 is 1.79 bits per heavy atom. The second kappa shape index (κ2) is 10.1. The van der Waals surface area contributed by atoms with Crippen LogP contribution in [0.15, 0.2) is 4.99 Å². The van der Waals surface area contributed by atoms with Crippen molar-refractivity contribution in [2.75, 3.05) is 45.8 Å². The molecule has 2 saturated heterocycles. The highest BCUT2D eigenvalue weighted by Gasteiger charge is 2.38. The molecule has 0 unspecified atom stereocenters. The molecule has 2 aliphatic heterocycles. The number of nitrogens with zero attached hydrogens (tertiary/aromatic N) is 3. The number of guanidine groups is 1. The van der Waals surface area contributed by atoms with Crippen molar-refractivity contribution in [3.05, 3.63) is 0 Å². The van der Waals surface area contributed by atoms with Gasteiger partial charge in [0.05, 0.1) is 13.1 Å². The lowest BCUT2D eigenvalue weighted by Crippen LogP contribution is -2.55. The minimum absolute atomic E-state index is 0.103. The number of hydrogen-bond acceptors (Lipinski definition) is 4. The minimum atomic E-state index is -0.306. The molecule has 0 spiro atoms. The molecule has 0 atom stereocenters. The van der Waals surface area contributed by atoms with Gasteiger partial charge in [-0.2, -0.15) is 0 Å². The Labute approximate surface area is 168 Å². The number of hydrogen-bond donors (Lipinski definition) is 3. The smallest absolute Gasteiger partial charge is 0.324 e. The van der Waals surface area contributed by atoms with Gasteiger partial charge in [0.25, 0.3) is 0 Å². The zero-order valence-electron chi connectivity index (χ0n) is 17.3. The van der Waals surface area contributed by atoms with Crippen molar-refractivity contribution in [3.8, 4) is 0 Å². The molecule has 0 aromatic heterocycles. The first kappa shape index (κ1) is 20.9. The lowest BCUT2D eigenvalue weighted by molar-refractivity contribution is -0.124. The van der Waals surface area contributed by atoms with Gasteiger partial charge in [-0.05, 0) is 45.7 Å². The fourth-order valence-electron chi connectivity index (χ4n) is 4.69. The third-order valence-electron chi connectivity index (χ3n) is 6.25. The number of urea groups is 1. The van der Waals surface area contributed by atoms with Crippen LogP contribution in [0.5, 0.6) is 0 Å². The van der Waals surface area contributed by atoms with Gasteiger partial charge in [0.2, 0.25) is 5.91 Å². The third kappa shape index (κ3) is 5.16. The summed E-state index contributed by atoms with van der Waals surface area (Å²) in [5, 5.41) is 9.15. The highest BCUT2D eigenvalue weighted by Crippen LogP contribution is 2.35. The molecule has 3 aliphatic rings. The maximum absolute atomic E-state index is 11.7. The molecule has 158 valence electrons. The molecule has 1 saturated carbocycles. The molecule has 3 amide bonds. The van der Waals surface area contributed by atoms with Crippen LogP contribution < -0.4 is 16.0 Å². The van der Waals surface area contributed by atoms with E-state index in [1.165, 1.54) is 69.4 Å². The molecule has 3 fully saturated rings. The fraction of sp³-hybridized carbons (Fsp3) is 0.850. The van der Waals surface area contributed by atoms with E-state index in [0.717, 1.165) is 19.0 Å². The zero-order chi connectivity index (χ0) is 19.8. The third-order valence-corrected chi connectivity index (χ3v) is 6.25. The Morgan fingerprint density at radius 3 is 2.43 bits per heavy atom. The molecule has 8 nitrogen and oxygen atoms in total. The second-order valence-corrected chi connectivity index (χ2v) is 8.16. The number of likely N-dealkylation sites (tertiary alicyclic amines) is 1. The highest BCUT2D eigenvalue weighted by atomic mass is 16.2. The van der Waals surface area contributed by atoms with E-state index in [0.29, 0.717) is 13.1 Å². The van der Waals surface area contributed by atoms with Crippen LogP contribution in [0.3, 0.4) is 0 Å².